The summed E-state index contributed by atoms with van der Waals surface area (Å²) in [5, 5.41) is 9.47. The van der Waals surface area contributed by atoms with E-state index in [9.17, 15) is 5.11 Å². The van der Waals surface area contributed by atoms with Crippen LogP contribution in [0.25, 0.3) is 0 Å². The van der Waals surface area contributed by atoms with Gasteiger partial charge in [-0.2, -0.15) is 0 Å². The third kappa shape index (κ3) is 4.02. The summed E-state index contributed by atoms with van der Waals surface area (Å²) in [5.41, 5.74) is 2.12. The molecule has 17 heavy (non-hydrogen) atoms. The van der Waals surface area contributed by atoms with Crippen LogP contribution < -0.4 is 4.90 Å². The van der Waals surface area contributed by atoms with Gasteiger partial charge in [-0.15, -0.1) is 0 Å². The molecule has 1 rings (SSSR count). The van der Waals surface area contributed by atoms with E-state index in [2.05, 4.69) is 30.9 Å². The van der Waals surface area contributed by atoms with Crippen molar-refractivity contribution in [3.63, 3.8) is 0 Å². The number of hydrogen-bond acceptors (Lipinski definition) is 3. The standard InChI is InChI=1S/C14H23NO2/c1-11(2)15(9-10-17-4)14-7-5-13(6-8-14)12(3)16/h5-8,11-12,16H,9-10H2,1-4H3/t12-/m0/s1. The first-order valence-electron chi connectivity index (χ1n) is 6.10. The second-order valence-electron chi connectivity index (χ2n) is 4.55. The molecule has 1 N–H and O–H groups in total. The molecule has 3 heteroatoms. The molecule has 1 aromatic carbocycles. The zero-order valence-corrected chi connectivity index (χ0v) is 11.2. The third-order valence-electron chi connectivity index (χ3n) is 2.87. The highest BCUT2D eigenvalue weighted by atomic mass is 16.5. The molecular formula is C14H23NO2. The van der Waals surface area contributed by atoms with Gasteiger partial charge in [0.05, 0.1) is 12.7 Å². The predicted octanol–water partition coefficient (Wildman–Crippen LogP) is 2.60. The van der Waals surface area contributed by atoms with Gasteiger partial charge in [-0.1, -0.05) is 12.1 Å². The van der Waals surface area contributed by atoms with E-state index in [0.29, 0.717) is 6.04 Å². The highest BCUT2D eigenvalue weighted by Crippen LogP contribution is 2.20. The van der Waals surface area contributed by atoms with Crippen molar-refractivity contribution in [3.8, 4) is 0 Å². The molecule has 0 heterocycles. The van der Waals surface area contributed by atoms with Gasteiger partial charge in [0.25, 0.3) is 0 Å². The van der Waals surface area contributed by atoms with Crippen molar-refractivity contribution in [1.29, 1.82) is 0 Å². The first kappa shape index (κ1) is 14.0. The Morgan fingerprint density at radius 3 is 2.18 bits per heavy atom. The van der Waals surface area contributed by atoms with Crippen LogP contribution in [0, 0.1) is 0 Å². The summed E-state index contributed by atoms with van der Waals surface area (Å²) in [6.07, 6.45) is -0.407. The maximum atomic E-state index is 9.47. The number of methoxy groups -OCH3 is 1. The molecule has 0 radical (unpaired) electrons. The Kier molecular flexibility index (Phi) is 5.45. The minimum Gasteiger partial charge on any atom is -0.389 e. The first-order chi connectivity index (χ1) is 8.06. The first-order valence-corrected chi connectivity index (χ1v) is 6.10. The summed E-state index contributed by atoms with van der Waals surface area (Å²) in [6, 6.07) is 8.49. The van der Waals surface area contributed by atoms with Gasteiger partial charge >= 0.3 is 0 Å². The molecule has 0 aliphatic rings. The van der Waals surface area contributed by atoms with Gasteiger partial charge in [-0.25, -0.2) is 0 Å². The summed E-state index contributed by atoms with van der Waals surface area (Å²) in [7, 11) is 1.72. The van der Waals surface area contributed by atoms with Crippen LogP contribution in [0.1, 0.15) is 32.4 Å². The highest BCUT2D eigenvalue weighted by molar-refractivity contribution is 5.48. The molecule has 0 aliphatic heterocycles. The Hall–Kier alpha value is -1.06. The molecule has 0 aliphatic carbocycles. The third-order valence-corrected chi connectivity index (χ3v) is 2.87. The lowest BCUT2D eigenvalue weighted by Crippen LogP contribution is -2.33. The number of nitrogens with zero attached hydrogens (tertiary/aromatic N) is 1. The topological polar surface area (TPSA) is 32.7 Å². The minimum atomic E-state index is -0.407. The number of aliphatic hydroxyl groups excluding tert-OH is 1. The normalized spacial score (nSPS) is 12.8. The Balaban J connectivity index is 2.80. The fourth-order valence-electron chi connectivity index (χ4n) is 1.82. The molecule has 1 atom stereocenters. The quantitative estimate of drug-likeness (QED) is 0.825. The second-order valence-corrected chi connectivity index (χ2v) is 4.55. The van der Waals surface area contributed by atoms with Crippen LogP contribution >= 0.6 is 0 Å². The molecule has 0 saturated heterocycles. The number of rotatable bonds is 6. The van der Waals surface area contributed by atoms with Crippen molar-refractivity contribution < 1.29 is 9.84 Å². The van der Waals surface area contributed by atoms with Crippen molar-refractivity contribution >= 4 is 5.69 Å². The molecular weight excluding hydrogens is 214 g/mol. The number of hydrogen-bond donors (Lipinski definition) is 1. The predicted molar refractivity (Wildman–Crippen MR) is 71.4 cm³/mol. The van der Waals surface area contributed by atoms with Crippen LogP contribution in [0.2, 0.25) is 0 Å². The largest absolute Gasteiger partial charge is 0.389 e. The Morgan fingerprint density at radius 1 is 1.18 bits per heavy atom. The molecule has 0 aromatic heterocycles. The molecule has 0 bridgehead atoms. The summed E-state index contributed by atoms with van der Waals surface area (Å²) in [5.74, 6) is 0. The van der Waals surface area contributed by atoms with E-state index < -0.39 is 6.10 Å². The smallest absolute Gasteiger partial charge is 0.0761 e. The van der Waals surface area contributed by atoms with Crippen LogP contribution in [0.3, 0.4) is 0 Å². The average molecular weight is 237 g/mol. The van der Waals surface area contributed by atoms with Crippen molar-refractivity contribution in [2.45, 2.75) is 32.9 Å². The van der Waals surface area contributed by atoms with Gasteiger partial charge in [0.15, 0.2) is 0 Å². The van der Waals surface area contributed by atoms with E-state index in [1.54, 1.807) is 14.0 Å². The van der Waals surface area contributed by atoms with Gasteiger partial charge in [-0.3, -0.25) is 0 Å². The van der Waals surface area contributed by atoms with E-state index >= 15 is 0 Å². The molecule has 0 spiro atoms. The molecule has 1 aromatic rings. The number of aliphatic hydroxyl groups is 1. The lowest BCUT2D eigenvalue weighted by Gasteiger charge is -2.29. The van der Waals surface area contributed by atoms with E-state index in [1.807, 2.05) is 12.1 Å². The zero-order chi connectivity index (χ0) is 12.8. The fraction of sp³-hybridized carbons (Fsp3) is 0.571. The minimum absolute atomic E-state index is 0.407. The van der Waals surface area contributed by atoms with E-state index in [1.165, 1.54) is 5.69 Å². The Labute approximate surface area is 104 Å². The van der Waals surface area contributed by atoms with Gasteiger partial charge in [-0.05, 0) is 38.5 Å². The van der Waals surface area contributed by atoms with Crippen molar-refractivity contribution in [2.75, 3.05) is 25.2 Å². The van der Waals surface area contributed by atoms with Gasteiger partial charge < -0.3 is 14.7 Å². The van der Waals surface area contributed by atoms with E-state index in [4.69, 9.17) is 4.74 Å². The number of anilines is 1. The molecule has 0 amide bonds. The molecule has 0 fully saturated rings. The maximum absolute atomic E-state index is 9.47. The lowest BCUT2D eigenvalue weighted by molar-refractivity contribution is 0.199. The van der Waals surface area contributed by atoms with E-state index in [0.717, 1.165) is 18.7 Å². The number of benzene rings is 1. The zero-order valence-electron chi connectivity index (χ0n) is 11.2. The maximum Gasteiger partial charge on any atom is 0.0761 e. The Bertz CT molecular complexity index is 319. The summed E-state index contributed by atoms with van der Waals surface area (Å²) in [4.78, 5) is 2.29. The number of ether oxygens (including phenoxy) is 1. The summed E-state index contributed by atoms with van der Waals surface area (Å²) < 4.78 is 5.12. The summed E-state index contributed by atoms with van der Waals surface area (Å²) >= 11 is 0. The van der Waals surface area contributed by atoms with Gasteiger partial charge in [0.2, 0.25) is 0 Å². The van der Waals surface area contributed by atoms with Crippen molar-refractivity contribution in [2.24, 2.45) is 0 Å². The van der Waals surface area contributed by atoms with Gasteiger partial charge in [0.1, 0.15) is 0 Å². The lowest BCUT2D eigenvalue weighted by atomic mass is 10.1. The second kappa shape index (κ2) is 6.62. The molecule has 0 saturated carbocycles. The highest BCUT2D eigenvalue weighted by Gasteiger charge is 2.10. The fourth-order valence-corrected chi connectivity index (χ4v) is 1.82. The van der Waals surface area contributed by atoms with Gasteiger partial charge in [0, 0.05) is 25.4 Å². The monoisotopic (exact) mass is 237 g/mol. The van der Waals surface area contributed by atoms with Crippen molar-refractivity contribution in [1.82, 2.24) is 0 Å². The van der Waals surface area contributed by atoms with Crippen LogP contribution in [0.5, 0.6) is 0 Å². The van der Waals surface area contributed by atoms with Crippen molar-refractivity contribution in [3.05, 3.63) is 29.8 Å². The Morgan fingerprint density at radius 2 is 1.76 bits per heavy atom. The van der Waals surface area contributed by atoms with E-state index in [-0.39, 0.29) is 0 Å². The average Bonchev–Trinajstić information content (AvgIpc) is 2.29. The molecule has 3 nitrogen and oxygen atoms in total. The molecule has 96 valence electrons. The van der Waals surface area contributed by atoms with Crippen LogP contribution in [-0.4, -0.2) is 31.4 Å². The van der Waals surface area contributed by atoms with Crippen LogP contribution in [0.15, 0.2) is 24.3 Å². The SMILES string of the molecule is COCCN(c1ccc([C@H](C)O)cc1)C(C)C. The summed E-state index contributed by atoms with van der Waals surface area (Å²) in [6.45, 7) is 7.70. The van der Waals surface area contributed by atoms with Crippen LogP contribution in [-0.2, 0) is 4.74 Å². The van der Waals surface area contributed by atoms with Crippen LogP contribution in [0.4, 0.5) is 5.69 Å². The molecule has 0 unspecified atom stereocenters.